The second kappa shape index (κ2) is 6.42. The number of thioether (sulfide) groups is 1. The van der Waals surface area contributed by atoms with Gasteiger partial charge in [0, 0.05) is 12.1 Å². The number of anilines is 2. The van der Waals surface area contributed by atoms with Crippen molar-refractivity contribution in [3.8, 4) is 0 Å². The van der Waals surface area contributed by atoms with Crippen molar-refractivity contribution >= 4 is 23.4 Å². The molecule has 0 saturated heterocycles. The Bertz CT molecular complexity index is 543. The molecule has 0 atom stereocenters. The lowest BCUT2D eigenvalue weighted by Gasteiger charge is -2.05. The molecule has 102 valence electrons. The third-order valence-corrected chi connectivity index (χ3v) is 3.01. The topological polar surface area (TPSA) is 89.9 Å². The van der Waals surface area contributed by atoms with E-state index in [0.717, 1.165) is 24.3 Å². The maximum Gasteiger partial charge on any atom is 0.191 e. The van der Waals surface area contributed by atoms with E-state index in [0.29, 0.717) is 23.3 Å². The van der Waals surface area contributed by atoms with Crippen LogP contribution in [0.5, 0.6) is 0 Å². The minimum Gasteiger partial charge on any atom is -0.383 e. The van der Waals surface area contributed by atoms with Crippen molar-refractivity contribution < 1.29 is 4.52 Å². The average Bonchev–Trinajstić information content (AvgIpc) is 2.84. The molecule has 0 fully saturated rings. The second-order valence-electron chi connectivity index (χ2n) is 4.05. The number of hydrogen-bond donors (Lipinski definition) is 2. The highest BCUT2D eigenvalue weighted by atomic mass is 32.2. The van der Waals surface area contributed by atoms with Crippen LogP contribution in [0, 0.1) is 0 Å². The highest BCUT2D eigenvalue weighted by Gasteiger charge is 2.05. The standard InChI is InChI=1S/C12H17N5OS/c1-3-4-8-5-9(18-17-8)7-14-11-6-10(13)15-12(16-11)19-2/h5-6H,3-4,7H2,1-2H3,(H3,13,14,15,16). The van der Waals surface area contributed by atoms with Crippen molar-refractivity contribution in [1.82, 2.24) is 15.1 Å². The third kappa shape index (κ3) is 3.85. The van der Waals surface area contributed by atoms with E-state index in [9.17, 15) is 0 Å². The minimum absolute atomic E-state index is 0.450. The normalized spacial score (nSPS) is 10.6. The Balaban J connectivity index is 1.99. The lowest BCUT2D eigenvalue weighted by atomic mass is 10.2. The average molecular weight is 279 g/mol. The molecule has 7 heteroatoms. The number of nitrogens with zero attached hydrogens (tertiary/aromatic N) is 3. The zero-order chi connectivity index (χ0) is 13.7. The molecule has 3 N–H and O–H groups in total. The maximum absolute atomic E-state index is 5.71. The van der Waals surface area contributed by atoms with E-state index in [1.54, 1.807) is 6.07 Å². The maximum atomic E-state index is 5.71. The van der Waals surface area contributed by atoms with E-state index >= 15 is 0 Å². The third-order valence-electron chi connectivity index (χ3n) is 2.47. The fourth-order valence-corrected chi connectivity index (χ4v) is 2.00. The molecule has 0 saturated carbocycles. The Hall–Kier alpha value is -1.76. The largest absolute Gasteiger partial charge is 0.383 e. The lowest BCUT2D eigenvalue weighted by Crippen LogP contribution is -2.03. The fraction of sp³-hybridized carbons (Fsp3) is 0.417. The molecule has 0 aliphatic rings. The molecule has 2 rings (SSSR count). The first kappa shape index (κ1) is 13.7. The lowest BCUT2D eigenvalue weighted by molar-refractivity contribution is 0.381. The van der Waals surface area contributed by atoms with Crippen LogP contribution in [0.4, 0.5) is 11.6 Å². The number of aromatic nitrogens is 3. The Morgan fingerprint density at radius 3 is 2.95 bits per heavy atom. The number of nitrogens with one attached hydrogen (secondary N) is 1. The molecule has 0 unspecified atom stereocenters. The first-order valence-electron chi connectivity index (χ1n) is 6.08. The molecule has 0 bridgehead atoms. The van der Waals surface area contributed by atoms with Crippen LogP contribution in [-0.4, -0.2) is 21.4 Å². The van der Waals surface area contributed by atoms with Gasteiger partial charge in [0.1, 0.15) is 11.6 Å². The molecular weight excluding hydrogens is 262 g/mol. The number of aryl methyl sites for hydroxylation is 1. The van der Waals surface area contributed by atoms with Gasteiger partial charge in [-0.3, -0.25) is 0 Å². The Labute approximate surface area is 116 Å². The van der Waals surface area contributed by atoms with Crippen molar-refractivity contribution in [2.75, 3.05) is 17.3 Å². The number of nitrogens with two attached hydrogens (primary N) is 1. The van der Waals surface area contributed by atoms with Crippen LogP contribution in [0.25, 0.3) is 0 Å². The van der Waals surface area contributed by atoms with Gasteiger partial charge in [-0.25, -0.2) is 9.97 Å². The van der Waals surface area contributed by atoms with Crippen LogP contribution in [0.3, 0.4) is 0 Å². The summed E-state index contributed by atoms with van der Waals surface area (Å²) in [5.41, 5.74) is 6.69. The van der Waals surface area contributed by atoms with Gasteiger partial charge in [-0.15, -0.1) is 0 Å². The molecule has 2 aromatic rings. The highest BCUT2D eigenvalue weighted by molar-refractivity contribution is 7.98. The van der Waals surface area contributed by atoms with E-state index in [1.165, 1.54) is 11.8 Å². The first-order valence-corrected chi connectivity index (χ1v) is 7.30. The van der Waals surface area contributed by atoms with Gasteiger partial charge in [-0.1, -0.05) is 30.3 Å². The van der Waals surface area contributed by atoms with E-state index < -0.39 is 0 Å². The van der Waals surface area contributed by atoms with Crippen molar-refractivity contribution in [1.29, 1.82) is 0 Å². The minimum atomic E-state index is 0.450. The molecule has 0 aromatic carbocycles. The van der Waals surface area contributed by atoms with Gasteiger partial charge >= 0.3 is 0 Å². The summed E-state index contributed by atoms with van der Waals surface area (Å²) in [6, 6.07) is 3.65. The van der Waals surface area contributed by atoms with E-state index in [1.807, 2.05) is 12.3 Å². The second-order valence-corrected chi connectivity index (χ2v) is 4.83. The summed E-state index contributed by atoms with van der Waals surface area (Å²) in [6.45, 7) is 2.64. The zero-order valence-corrected chi connectivity index (χ0v) is 11.8. The fourth-order valence-electron chi connectivity index (χ4n) is 1.62. The summed E-state index contributed by atoms with van der Waals surface area (Å²) < 4.78 is 5.23. The molecule has 0 aliphatic carbocycles. The predicted molar refractivity (Wildman–Crippen MR) is 76.1 cm³/mol. The van der Waals surface area contributed by atoms with Crippen LogP contribution >= 0.6 is 11.8 Å². The molecule has 0 radical (unpaired) electrons. The van der Waals surface area contributed by atoms with Gasteiger partial charge in [-0.05, 0) is 12.7 Å². The van der Waals surface area contributed by atoms with Gasteiger partial charge in [0.2, 0.25) is 0 Å². The number of rotatable bonds is 6. The summed E-state index contributed by atoms with van der Waals surface area (Å²) in [4.78, 5) is 8.40. The molecule has 2 heterocycles. The van der Waals surface area contributed by atoms with Gasteiger partial charge < -0.3 is 15.6 Å². The zero-order valence-electron chi connectivity index (χ0n) is 11.0. The first-order chi connectivity index (χ1) is 9.21. The summed E-state index contributed by atoms with van der Waals surface area (Å²) in [7, 11) is 0. The predicted octanol–water partition coefficient (Wildman–Crippen LogP) is 2.33. The Morgan fingerprint density at radius 1 is 1.37 bits per heavy atom. The van der Waals surface area contributed by atoms with Crippen LogP contribution in [0.2, 0.25) is 0 Å². The Morgan fingerprint density at radius 2 is 2.21 bits per heavy atom. The van der Waals surface area contributed by atoms with E-state index in [-0.39, 0.29) is 0 Å². The Kier molecular flexibility index (Phi) is 4.62. The van der Waals surface area contributed by atoms with Gasteiger partial charge in [0.25, 0.3) is 0 Å². The van der Waals surface area contributed by atoms with Crippen LogP contribution in [0.15, 0.2) is 21.8 Å². The van der Waals surface area contributed by atoms with Crippen molar-refractivity contribution in [3.63, 3.8) is 0 Å². The summed E-state index contributed by atoms with van der Waals surface area (Å²) in [5, 5.41) is 7.79. The molecule has 19 heavy (non-hydrogen) atoms. The monoisotopic (exact) mass is 279 g/mol. The quantitative estimate of drug-likeness (QED) is 0.619. The van der Waals surface area contributed by atoms with Crippen molar-refractivity contribution in [3.05, 3.63) is 23.6 Å². The summed E-state index contributed by atoms with van der Waals surface area (Å²) in [5.74, 6) is 1.92. The molecule has 0 aliphatic heterocycles. The van der Waals surface area contributed by atoms with Gasteiger partial charge in [0.05, 0.1) is 12.2 Å². The van der Waals surface area contributed by atoms with Crippen LogP contribution in [0.1, 0.15) is 24.8 Å². The van der Waals surface area contributed by atoms with E-state index in [2.05, 4.69) is 27.4 Å². The molecule has 0 amide bonds. The van der Waals surface area contributed by atoms with Crippen molar-refractivity contribution in [2.45, 2.75) is 31.5 Å². The van der Waals surface area contributed by atoms with Crippen LogP contribution in [-0.2, 0) is 13.0 Å². The molecule has 2 aromatic heterocycles. The SMILES string of the molecule is CCCc1cc(CNc2cc(N)nc(SC)n2)on1. The molecule has 6 nitrogen and oxygen atoms in total. The van der Waals surface area contributed by atoms with Gasteiger partial charge in [-0.2, -0.15) is 0 Å². The van der Waals surface area contributed by atoms with Crippen LogP contribution < -0.4 is 11.1 Å². The van der Waals surface area contributed by atoms with E-state index in [4.69, 9.17) is 10.3 Å². The number of nitrogen functional groups attached to an aromatic ring is 1. The molecular formula is C12H17N5OS. The number of hydrogen-bond acceptors (Lipinski definition) is 7. The smallest absolute Gasteiger partial charge is 0.191 e. The van der Waals surface area contributed by atoms with Crippen molar-refractivity contribution in [2.24, 2.45) is 0 Å². The highest BCUT2D eigenvalue weighted by Crippen LogP contribution is 2.16. The summed E-state index contributed by atoms with van der Waals surface area (Å²) in [6.07, 6.45) is 3.89. The molecule has 0 spiro atoms. The summed E-state index contributed by atoms with van der Waals surface area (Å²) >= 11 is 1.45. The van der Waals surface area contributed by atoms with Gasteiger partial charge in [0.15, 0.2) is 10.9 Å².